The van der Waals surface area contributed by atoms with E-state index in [0.29, 0.717) is 44.1 Å². The molecule has 0 unspecified atom stereocenters. The van der Waals surface area contributed by atoms with Crippen LogP contribution in [0.5, 0.6) is 0 Å². The maximum absolute atomic E-state index is 10.8. The fraction of sp³-hybridized carbons (Fsp3) is 0.615. The molecule has 1 N–H and O–H groups in total. The van der Waals surface area contributed by atoms with E-state index in [1.807, 2.05) is 11.9 Å². The van der Waals surface area contributed by atoms with Gasteiger partial charge in [0.15, 0.2) is 0 Å². The number of pyridine rings is 1. The molecule has 2 rings (SSSR count). The van der Waals surface area contributed by atoms with Crippen molar-refractivity contribution >= 4 is 11.5 Å². The molecule has 20 heavy (non-hydrogen) atoms. The summed E-state index contributed by atoms with van der Waals surface area (Å²) in [4.78, 5) is 16.4. The average molecular weight is 281 g/mol. The van der Waals surface area contributed by atoms with Crippen LogP contribution in [0.15, 0.2) is 12.1 Å². The number of aryl methyl sites for hydroxylation is 1. The predicted molar refractivity (Wildman–Crippen MR) is 73.9 cm³/mol. The van der Waals surface area contributed by atoms with Gasteiger partial charge in [-0.1, -0.05) is 0 Å². The van der Waals surface area contributed by atoms with Crippen LogP contribution >= 0.6 is 0 Å². The Bertz CT molecular complexity index is 500. The van der Waals surface area contributed by atoms with Crippen LogP contribution in [-0.2, 0) is 4.74 Å². The largest absolute Gasteiger partial charge is 0.388 e. The Morgan fingerprint density at radius 1 is 1.50 bits per heavy atom. The lowest BCUT2D eigenvalue weighted by Crippen LogP contribution is -2.46. The Balaban J connectivity index is 2.11. The van der Waals surface area contributed by atoms with Gasteiger partial charge in [0, 0.05) is 45.7 Å². The topological polar surface area (TPSA) is 88.7 Å². The van der Waals surface area contributed by atoms with E-state index in [2.05, 4.69) is 4.98 Å². The number of nitro groups is 1. The summed E-state index contributed by atoms with van der Waals surface area (Å²) in [5.74, 6) is 0.619. The number of likely N-dealkylation sites (N-methyl/N-ethyl adjacent to an activating group) is 1. The number of hydrogen-bond acceptors (Lipinski definition) is 6. The summed E-state index contributed by atoms with van der Waals surface area (Å²) in [5.41, 5.74) is -0.407. The Kier molecular flexibility index (Phi) is 4.20. The Morgan fingerprint density at radius 2 is 2.15 bits per heavy atom. The van der Waals surface area contributed by atoms with Crippen LogP contribution in [0, 0.1) is 17.0 Å². The molecule has 1 saturated heterocycles. The second-order valence-corrected chi connectivity index (χ2v) is 5.22. The first-order valence-electron chi connectivity index (χ1n) is 6.55. The Morgan fingerprint density at radius 3 is 2.70 bits per heavy atom. The van der Waals surface area contributed by atoms with E-state index in [9.17, 15) is 15.2 Å². The number of rotatable bonds is 4. The highest BCUT2D eigenvalue weighted by Gasteiger charge is 2.31. The summed E-state index contributed by atoms with van der Waals surface area (Å²) in [6.07, 6.45) is 1.17. The number of aliphatic hydroxyl groups is 1. The van der Waals surface area contributed by atoms with Crippen molar-refractivity contribution in [3.8, 4) is 0 Å². The van der Waals surface area contributed by atoms with Crippen LogP contribution in [-0.4, -0.2) is 47.4 Å². The van der Waals surface area contributed by atoms with E-state index >= 15 is 0 Å². The van der Waals surface area contributed by atoms with Crippen molar-refractivity contribution in [1.82, 2.24) is 4.98 Å². The molecule has 110 valence electrons. The zero-order valence-electron chi connectivity index (χ0n) is 11.7. The van der Waals surface area contributed by atoms with Crippen LogP contribution in [0.25, 0.3) is 0 Å². The number of anilines is 1. The van der Waals surface area contributed by atoms with Crippen molar-refractivity contribution in [2.24, 2.45) is 0 Å². The van der Waals surface area contributed by atoms with Crippen LogP contribution in [0.3, 0.4) is 0 Å². The smallest absolute Gasteiger partial charge is 0.290 e. The number of nitrogens with zero attached hydrogens (tertiary/aromatic N) is 3. The maximum Gasteiger partial charge on any atom is 0.290 e. The predicted octanol–water partition coefficient (Wildman–Crippen LogP) is 1.28. The fourth-order valence-corrected chi connectivity index (χ4v) is 2.38. The van der Waals surface area contributed by atoms with E-state index in [4.69, 9.17) is 4.74 Å². The van der Waals surface area contributed by atoms with Gasteiger partial charge < -0.3 is 14.7 Å². The molecule has 1 aromatic heterocycles. The number of ether oxygens (including phenoxy) is 1. The molecule has 0 atom stereocenters. The lowest BCUT2D eigenvalue weighted by atomic mass is 9.94. The average Bonchev–Trinajstić information content (AvgIpc) is 2.38. The molecular formula is C13H19N3O4. The molecule has 0 radical (unpaired) electrons. The highest BCUT2D eigenvalue weighted by molar-refractivity contribution is 5.46. The molecule has 1 aliphatic rings. The van der Waals surface area contributed by atoms with Gasteiger partial charge in [-0.15, -0.1) is 0 Å². The minimum absolute atomic E-state index is 0.00641. The van der Waals surface area contributed by atoms with Crippen molar-refractivity contribution < 1.29 is 14.8 Å². The third kappa shape index (κ3) is 3.23. The monoisotopic (exact) mass is 281 g/mol. The normalized spacial score (nSPS) is 17.8. The molecule has 7 heteroatoms. The summed E-state index contributed by atoms with van der Waals surface area (Å²) in [7, 11) is 1.82. The zero-order valence-corrected chi connectivity index (χ0v) is 11.7. The van der Waals surface area contributed by atoms with Gasteiger partial charge in [0.25, 0.3) is 5.69 Å². The maximum atomic E-state index is 10.8. The summed E-state index contributed by atoms with van der Waals surface area (Å²) in [5, 5.41) is 21.2. The first-order valence-corrected chi connectivity index (χ1v) is 6.55. The molecule has 0 saturated carbocycles. The highest BCUT2D eigenvalue weighted by Crippen LogP contribution is 2.25. The summed E-state index contributed by atoms with van der Waals surface area (Å²) in [6.45, 7) is 3.15. The van der Waals surface area contributed by atoms with E-state index in [-0.39, 0.29) is 5.69 Å². The first kappa shape index (κ1) is 14.7. The Hall–Kier alpha value is -1.73. The second-order valence-electron chi connectivity index (χ2n) is 5.22. The summed E-state index contributed by atoms with van der Waals surface area (Å²) in [6, 6.07) is 3.05. The van der Waals surface area contributed by atoms with Gasteiger partial charge in [-0.3, -0.25) is 10.1 Å². The molecule has 2 heterocycles. The van der Waals surface area contributed by atoms with Gasteiger partial charge >= 0.3 is 0 Å². The van der Waals surface area contributed by atoms with Crippen molar-refractivity contribution in [3.63, 3.8) is 0 Å². The van der Waals surface area contributed by atoms with Gasteiger partial charge in [0.05, 0.1) is 10.5 Å². The number of hydrogen-bond donors (Lipinski definition) is 1. The minimum atomic E-state index is -0.787. The highest BCUT2D eigenvalue weighted by atomic mass is 16.6. The Labute approximate surface area is 117 Å². The van der Waals surface area contributed by atoms with Gasteiger partial charge in [-0.05, 0) is 13.0 Å². The van der Waals surface area contributed by atoms with E-state index in [1.54, 1.807) is 13.0 Å². The van der Waals surface area contributed by atoms with Crippen molar-refractivity contribution in [1.29, 1.82) is 0 Å². The standard InChI is InChI=1S/C13H19N3O4/c1-10-11(16(18)19)3-4-12(14-10)15(2)9-13(17)5-7-20-8-6-13/h3-4,17H,5-9H2,1-2H3. The lowest BCUT2D eigenvalue weighted by molar-refractivity contribution is -0.385. The lowest BCUT2D eigenvalue weighted by Gasteiger charge is -2.35. The van der Waals surface area contributed by atoms with Crippen LogP contribution < -0.4 is 4.90 Å². The molecule has 0 aliphatic carbocycles. The first-order chi connectivity index (χ1) is 9.41. The number of aromatic nitrogens is 1. The molecule has 1 fully saturated rings. The van der Waals surface area contributed by atoms with Gasteiger partial charge in [-0.25, -0.2) is 4.98 Å². The minimum Gasteiger partial charge on any atom is -0.388 e. The quantitative estimate of drug-likeness (QED) is 0.660. The van der Waals surface area contributed by atoms with E-state index in [0.717, 1.165) is 0 Å². The van der Waals surface area contributed by atoms with Crippen LogP contribution in [0.2, 0.25) is 0 Å². The second kappa shape index (κ2) is 5.72. The van der Waals surface area contributed by atoms with Gasteiger partial charge in [0.2, 0.25) is 0 Å². The van der Waals surface area contributed by atoms with Gasteiger partial charge in [0.1, 0.15) is 11.5 Å². The van der Waals surface area contributed by atoms with Crippen molar-refractivity contribution in [2.45, 2.75) is 25.4 Å². The zero-order chi connectivity index (χ0) is 14.8. The van der Waals surface area contributed by atoms with Gasteiger partial charge in [-0.2, -0.15) is 0 Å². The molecule has 7 nitrogen and oxygen atoms in total. The molecule has 0 spiro atoms. The molecule has 0 amide bonds. The SMILES string of the molecule is Cc1nc(N(C)CC2(O)CCOCC2)ccc1[N+](=O)[O-]. The van der Waals surface area contributed by atoms with Crippen LogP contribution in [0.1, 0.15) is 18.5 Å². The molecule has 0 bridgehead atoms. The molecular weight excluding hydrogens is 262 g/mol. The molecule has 1 aromatic rings. The van der Waals surface area contributed by atoms with Crippen molar-refractivity contribution in [2.75, 3.05) is 31.7 Å². The van der Waals surface area contributed by atoms with Crippen molar-refractivity contribution in [3.05, 3.63) is 27.9 Å². The third-order valence-corrected chi connectivity index (χ3v) is 3.59. The summed E-state index contributed by atoms with van der Waals surface area (Å²) >= 11 is 0. The third-order valence-electron chi connectivity index (χ3n) is 3.59. The van der Waals surface area contributed by atoms with E-state index in [1.165, 1.54) is 6.07 Å². The molecule has 1 aliphatic heterocycles. The van der Waals surface area contributed by atoms with E-state index < -0.39 is 10.5 Å². The summed E-state index contributed by atoms with van der Waals surface area (Å²) < 4.78 is 5.24. The molecule has 0 aromatic carbocycles. The fourth-order valence-electron chi connectivity index (χ4n) is 2.38. The van der Waals surface area contributed by atoms with Crippen LogP contribution in [0.4, 0.5) is 11.5 Å².